The average molecular weight is 364 g/mol. The Kier molecular flexibility index (Phi) is 6.09. The van der Waals surface area contributed by atoms with E-state index >= 15 is 0 Å². The van der Waals surface area contributed by atoms with E-state index in [-0.39, 0.29) is 34.6 Å². The summed E-state index contributed by atoms with van der Waals surface area (Å²) in [7, 11) is -2.35. The van der Waals surface area contributed by atoms with Gasteiger partial charge in [-0.3, -0.25) is 4.79 Å². The SMILES string of the molecule is C#CCNC(=O)c1ccc(OC)c(S(=O)(=O)N2CC(C)CC(C)C2)c1. The summed E-state index contributed by atoms with van der Waals surface area (Å²) in [4.78, 5) is 12.1. The highest BCUT2D eigenvalue weighted by atomic mass is 32.2. The van der Waals surface area contributed by atoms with Gasteiger partial charge in [0.25, 0.3) is 5.91 Å². The molecule has 0 spiro atoms. The first kappa shape index (κ1) is 19.3. The highest BCUT2D eigenvalue weighted by Crippen LogP contribution is 2.32. The highest BCUT2D eigenvalue weighted by molar-refractivity contribution is 7.89. The van der Waals surface area contributed by atoms with E-state index in [4.69, 9.17) is 11.2 Å². The summed E-state index contributed by atoms with van der Waals surface area (Å²) in [6, 6.07) is 4.36. The Labute approximate surface area is 149 Å². The van der Waals surface area contributed by atoms with Crippen LogP contribution in [0.15, 0.2) is 23.1 Å². The lowest BCUT2D eigenvalue weighted by atomic mass is 9.94. The molecule has 1 aromatic carbocycles. The number of rotatable bonds is 5. The molecule has 1 aromatic rings. The van der Waals surface area contributed by atoms with Gasteiger partial charge in [-0.1, -0.05) is 19.8 Å². The fourth-order valence-electron chi connectivity index (χ4n) is 3.19. The van der Waals surface area contributed by atoms with Crippen molar-refractivity contribution >= 4 is 15.9 Å². The fraction of sp³-hybridized carbons (Fsp3) is 0.500. The van der Waals surface area contributed by atoms with Crippen molar-refractivity contribution in [2.24, 2.45) is 11.8 Å². The molecular weight excluding hydrogens is 340 g/mol. The minimum atomic E-state index is -3.76. The molecule has 1 heterocycles. The molecule has 0 aromatic heterocycles. The predicted octanol–water partition coefficient (Wildman–Crippen LogP) is 1.72. The molecule has 0 aliphatic carbocycles. The molecule has 1 aliphatic heterocycles. The summed E-state index contributed by atoms with van der Waals surface area (Å²) >= 11 is 0. The first-order valence-electron chi connectivity index (χ1n) is 8.19. The second-order valence-corrected chi connectivity index (χ2v) is 8.43. The van der Waals surface area contributed by atoms with Gasteiger partial charge in [-0.05, 0) is 36.5 Å². The van der Waals surface area contributed by atoms with Crippen molar-refractivity contribution in [1.29, 1.82) is 0 Å². The number of benzene rings is 1. The quantitative estimate of drug-likeness (QED) is 0.808. The van der Waals surface area contributed by atoms with E-state index in [1.165, 1.54) is 29.6 Å². The Morgan fingerprint density at radius 3 is 2.56 bits per heavy atom. The zero-order valence-corrected chi connectivity index (χ0v) is 15.6. The van der Waals surface area contributed by atoms with Crippen molar-refractivity contribution in [3.8, 4) is 18.1 Å². The number of carbonyl (C=O) groups is 1. The topological polar surface area (TPSA) is 75.7 Å². The van der Waals surface area contributed by atoms with E-state index in [9.17, 15) is 13.2 Å². The third kappa shape index (κ3) is 4.33. The lowest BCUT2D eigenvalue weighted by Crippen LogP contribution is -2.42. The van der Waals surface area contributed by atoms with E-state index in [0.29, 0.717) is 13.1 Å². The van der Waals surface area contributed by atoms with Gasteiger partial charge in [-0.2, -0.15) is 4.31 Å². The number of sulfonamides is 1. The molecule has 0 radical (unpaired) electrons. The molecule has 2 atom stereocenters. The number of ether oxygens (including phenoxy) is 1. The van der Waals surface area contributed by atoms with Crippen molar-refractivity contribution in [2.75, 3.05) is 26.7 Å². The number of nitrogens with one attached hydrogen (secondary N) is 1. The number of piperidine rings is 1. The molecule has 1 fully saturated rings. The van der Waals surface area contributed by atoms with Gasteiger partial charge in [0.2, 0.25) is 10.0 Å². The number of methoxy groups -OCH3 is 1. The summed E-state index contributed by atoms with van der Waals surface area (Å²) in [5.74, 6) is 2.68. The van der Waals surface area contributed by atoms with Crippen LogP contribution in [-0.4, -0.2) is 45.4 Å². The number of nitrogens with zero attached hydrogens (tertiary/aromatic N) is 1. The smallest absolute Gasteiger partial charge is 0.252 e. The minimum absolute atomic E-state index is 0.00431. The van der Waals surface area contributed by atoms with Gasteiger partial charge in [0.1, 0.15) is 10.6 Å². The van der Waals surface area contributed by atoms with Gasteiger partial charge < -0.3 is 10.1 Å². The van der Waals surface area contributed by atoms with Gasteiger partial charge in [0, 0.05) is 18.7 Å². The number of amides is 1. The first-order valence-corrected chi connectivity index (χ1v) is 9.63. The molecule has 6 nitrogen and oxygen atoms in total. The van der Waals surface area contributed by atoms with Crippen molar-refractivity contribution < 1.29 is 17.9 Å². The van der Waals surface area contributed by atoms with Crippen LogP contribution < -0.4 is 10.1 Å². The van der Waals surface area contributed by atoms with E-state index in [1.807, 2.05) is 13.8 Å². The molecule has 2 rings (SSSR count). The summed E-state index contributed by atoms with van der Waals surface area (Å²) in [5.41, 5.74) is 0.229. The summed E-state index contributed by atoms with van der Waals surface area (Å²) in [6.07, 6.45) is 6.13. The van der Waals surface area contributed by atoms with Crippen LogP contribution in [-0.2, 0) is 10.0 Å². The normalized spacial score (nSPS) is 21.4. The largest absolute Gasteiger partial charge is 0.495 e. The van der Waals surface area contributed by atoms with Crippen LogP contribution in [0, 0.1) is 24.2 Å². The van der Waals surface area contributed by atoms with E-state index < -0.39 is 15.9 Å². The lowest BCUT2D eigenvalue weighted by molar-refractivity contribution is 0.0958. The zero-order chi connectivity index (χ0) is 18.6. The van der Waals surface area contributed by atoms with Crippen molar-refractivity contribution in [3.05, 3.63) is 23.8 Å². The molecule has 1 saturated heterocycles. The van der Waals surface area contributed by atoms with Crippen LogP contribution in [0.1, 0.15) is 30.6 Å². The Morgan fingerprint density at radius 1 is 1.36 bits per heavy atom. The molecule has 1 aliphatic rings. The van der Waals surface area contributed by atoms with Crippen molar-refractivity contribution in [2.45, 2.75) is 25.2 Å². The number of carbonyl (C=O) groups excluding carboxylic acids is 1. The van der Waals surface area contributed by atoms with Crippen LogP contribution in [0.4, 0.5) is 0 Å². The summed E-state index contributed by atoms with van der Waals surface area (Å²) < 4.78 is 33.0. The Bertz CT molecular complexity index is 773. The summed E-state index contributed by atoms with van der Waals surface area (Å²) in [5, 5.41) is 2.53. The van der Waals surface area contributed by atoms with Gasteiger partial charge in [0.05, 0.1) is 13.7 Å². The standard InChI is InChI=1S/C18H24N2O4S/c1-5-8-19-18(21)15-6-7-16(24-4)17(10-15)25(22,23)20-11-13(2)9-14(3)12-20/h1,6-7,10,13-14H,8-9,11-12H2,2-4H3,(H,19,21). The van der Waals surface area contributed by atoms with Gasteiger partial charge in [-0.15, -0.1) is 6.42 Å². The number of hydrogen-bond acceptors (Lipinski definition) is 4. The van der Waals surface area contributed by atoms with E-state index in [1.54, 1.807) is 0 Å². The molecule has 1 N–H and O–H groups in total. The van der Waals surface area contributed by atoms with Crippen LogP contribution in [0.5, 0.6) is 5.75 Å². The fourth-order valence-corrected chi connectivity index (χ4v) is 5.06. The number of hydrogen-bond donors (Lipinski definition) is 1. The minimum Gasteiger partial charge on any atom is -0.495 e. The lowest BCUT2D eigenvalue weighted by Gasteiger charge is -2.34. The molecule has 1 amide bonds. The van der Waals surface area contributed by atoms with Gasteiger partial charge >= 0.3 is 0 Å². The molecule has 0 bridgehead atoms. The van der Waals surface area contributed by atoms with Crippen LogP contribution in [0.25, 0.3) is 0 Å². The van der Waals surface area contributed by atoms with Gasteiger partial charge in [0.15, 0.2) is 0 Å². The number of terminal acetylenes is 1. The molecule has 0 saturated carbocycles. The Morgan fingerprint density at radius 2 is 2.00 bits per heavy atom. The van der Waals surface area contributed by atoms with Gasteiger partial charge in [-0.25, -0.2) is 8.42 Å². The second-order valence-electron chi connectivity index (χ2n) is 6.52. The molecule has 25 heavy (non-hydrogen) atoms. The first-order chi connectivity index (χ1) is 11.8. The maximum absolute atomic E-state index is 13.1. The average Bonchev–Trinajstić information content (AvgIpc) is 2.58. The van der Waals surface area contributed by atoms with E-state index in [2.05, 4.69) is 11.2 Å². The Hall–Kier alpha value is -2.04. The maximum Gasteiger partial charge on any atom is 0.252 e. The molecule has 2 unspecified atom stereocenters. The zero-order valence-electron chi connectivity index (χ0n) is 14.8. The molecule has 136 valence electrons. The van der Waals surface area contributed by atoms with Crippen molar-refractivity contribution in [1.82, 2.24) is 9.62 Å². The van der Waals surface area contributed by atoms with Crippen LogP contribution in [0.3, 0.4) is 0 Å². The van der Waals surface area contributed by atoms with E-state index in [0.717, 1.165) is 6.42 Å². The monoisotopic (exact) mass is 364 g/mol. The van der Waals surface area contributed by atoms with Crippen LogP contribution in [0.2, 0.25) is 0 Å². The highest BCUT2D eigenvalue weighted by Gasteiger charge is 2.34. The molecular formula is C18H24N2O4S. The molecule has 7 heteroatoms. The predicted molar refractivity (Wildman–Crippen MR) is 95.9 cm³/mol. The Balaban J connectivity index is 2.41. The third-order valence-electron chi connectivity index (χ3n) is 4.23. The maximum atomic E-state index is 13.1. The van der Waals surface area contributed by atoms with Crippen LogP contribution >= 0.6 is 0 Å². The second kappa shape index (κ2) is 7.89. The summed E-state index contributed by atoms with van der Waals surface area (Å²) in [6.45, 7) is 5.08. The third-order valence-corrected chi connectivity index (χ3v) is 6.08. The van der Waals surface area contributed by atoms with Crippen molar-refractivity contribution in [3.63, 3.8) is 0 Å².